The van der Waals surface area contributed by atoms with Gasteiger partial charge in [0.1, 0.15) is 5.82 Å². The Labute approximate surface area is 176 Å². The summed E-state index contributed by atoms with van der Waals surface area (Å²) in [5.74, 6) is -0.144. The summed E-state index contributed by atoms with van der Waals surface area (Å²) in [6, 6.07) is 6.61. The maximum Gasteiger partial charge on any atom is 0.230 e. The number of nitrogens with one attached hydrogen (secondary N) is 1. The Kier molecular flexibility index (Phi) is 5.62. The maximum absolute atomic E-state index is 14.1. The van der Waals surface area contributed by atoms with Gasteiger partial charge in [-0.3, -0.25) is 14.7 Å². The first-order valence-electron chi connectivity index (χ1n) is 10.7. The van der Waals surface area contributed by atoms with Crippen LogP contribution in [0.25, 0.3) is 0 Å². The van der Waals surface area contributed by atoms with Gasteiger partial charge < -0.3 is 9.80 Å². The number of halogens is 1. The van der Waals surface area contributed by atoms with Crippen molar-refractivity contribution < 1.29 is 14.0 Å². The van der Waals surface area contributed by atoms with Crippen molar-refractivity contribution in [3.8, 4) is 0 Å². The average molecular weight is 413 g/mol. The van der Waals surface area contributed by atoms with Crippen molar-refractivity contribution in [1.29, 1.82) is 0 Å². The standard InChI is InChI=1S/C23H29FN4O2/c1-16-17(2)25-26-20(16)8-9-21(29)28-13-11-23(15-28)10-5-12-27(22(23)30)14-18-6-3-4-7-19(18)24/h3-4,6-7H,5,8-15H2,1-2H3,(H,25,26)/t23-/m1/s1. The van der Waals surface area contributed by atoms with Gasteiger partial charge in [-0.15, -0.1) is 0 Å². The van der Waals surface area contributed by atoms with Gasteiger partial charge in [0.25, 0.3) is 0 Å². The second kappa shape index (κ2) is 8.20. The number of H-pyrrole nitrogens is 1. The number of rotatable bonds is 5. The zero-order valence-electron chi connectivity index (χ0n) is 17.7. The predicted molar refractivity (Wildman–Crippen MR) is 111 cm³/mol. The minimum atomic E-state index is -0.516. The molecule has 6 nitrogen and oxygen atoms in total. The number of nitrogens with zero attached hydrogens (tertiary/aromatic N) is 3. The van der Waals surface area contributed by atoms with Crippen LogP contribution in [-0.4, -0.2) is 51.4 Å². The summed E-state index contributed by atoms with van der Waals surface area (Å²) in [4.78, 5) is 29.7. The molecule has 0 aliphatic carbocycles. The molecule has 1 atom stereocenters. The Bertz CT molecular complexity index is 956. The van der Waals surface area contributed by atoms with E-state index in [1.165, 1.54) is 6.07 Å². The van der Waals surface area contributed by atoms with Crippen molar-refractivity contribution >= 4 is 11.8 Å². The Hall–Kier alpha value is -2.70. The van der Waals surface area contributed by atoms with E-state index < -0.39 is 5.41 Å². The normalized spacial score (nSPS) is 21.6. The molecule has 160 valence electrons. The Morgan fingerprint density at radius 3 is 2.77 bits per heavy atom. The van der Waals surface area contributed by atoms with Gasteiger partial charge in [-0.05, 0) is 44.7 Å². The third kappa shape index (κ3) is 3.85. The van der Waals surface area contributed by atoms with Crippen molar-refractivity contribution in [2.45, 2.75) is 52.5 Å². The topological polar surface area (TPSA) is 69.3 Å². The number of amides is 2. The van der Waals surface area contributed by atoms with Crippen LogP contribution in [0.4, 0.5) is 4.39 Å². The number of hydrogen-bond acceptors (Lipinski definition) is 3. The summed E-state index contributed by atoms with van der Waals surface area (Å²) in [5, 5.41) is 7.24. The van der Waals surface area contributed by atoms with Crippen molar-refractivity contribution in [3.05, 3.63) is 52.6 Å². The van der Waals surface area contributed by atoms with E-state index in [1.54, 1.807) is 23.1 Å². The van der Waals surface area contributed by atoms with Crippen molar-refractivity contribution in [2.24, 2.45) is 5.41 Å². The first-order chi connectivity index (χ1) is 14.4. The van der Waals surface area contributed by atoms with Crippen molar-refractivity contribution in [2.75, 3.05) is 19.6 Å². The highest BCUT2D eigenvalue weighted by Gasteiger charge is 2.49. The van der Waals surface area contributed by atoms with E-state index in [1.807, 2.05) is 18.7 Å². The smallest absolute Gasteiger partial charge is 0.230 e. The van der Waals surface area contributed by atoms with Crippen LogP contribution in [0.3, 0.4) is 0 Å². The summed E-state index contributed by atoms with van der Waals surface area (Å²) in [7, 11) is 0. The summed E-state index contributed by atoms with van der Waals surface area (Å²) in [6.45, 7) is 5.99. The second-order valence-corrected chi connectivity index (χ2v) is 8.69. The zero-order chi connectivity index (χ0) is 21.3. The first kappa shape index (κ1) is 20.6. The van der Waals surface area contributed by atoms with E-state index in [4.69, 9.17) is 0 Å². The molecular weight excluding hydrogens is 383 g/mol. The number of aromatic nitrogens is 2. The summed E-state index contributed by atoms with van der Waals surface area (Å²) < 4.78 is 14.1. The SMILES string of the molecule is Cc1[nH]nc(CCC(=O)N2CC[C@]3(CCCN(Cc4ccccc4F)C3=O)C2)c1C. The molecule has 2 amide bonds. The number of likely N-dealkylation sites (tertiary alicyclic amines) is 2. The van der Waals surface area contributed by atoms with Gasteiger partial charge in [0.05, 0.1) is 11.1 Å². The molecule has 2 aliphatic heterocycles. The van der Waals surface area contributed by atoms with Crippen LogP contribution < -0.4 is 0 Å². The fourth-order valence-corrected chi connectivity index (χ4v) is 4.76. The highest BCUT2D eigenvalue weighted by Crippen LogP contribution is 2.40. The lowest BCUT2D eigenvalue weighted by Gasteiger charge is -2.39. The number of aryl methyl sites for hydroxylation is 2. The number of hydrogen-bond donors (Lipinski definition) is 1. The largest absolute Gasteiger partial charge is 0.342 e. The maximum atomic E-state index is 14.1. The Balaban J connectivity index is 1.39. The molecule has 2 aromatic rings. The Morgan fingerprint density at radius 1 is 1.23 bits per heavy atom. The summed E-state index contributed by atoms with van der Waals surface area (Å²) in [5.41, 5.74) is 3.09. The van der Waals surface area contributed by atoms with Crippen LogP contribution >= 0.6 is 0 Å². The highest BCUT2D eigenvalue weighted by atomic mass is 19.1. The van der Waals surface area contributed by atoms with Gasteiger partial charge in [0.2, 0.25) is 11.8 Å². The molecule has 0 saturated carbocycles. The van der Waals surface area contributed by atoms with Crippen LogP contribution in [0.15, 0.2) is 24.3 Å². The van der Waals surface area contributed by atoms with E-state index in [2.05, 4.69) is 10.2 Å². The minimum Gasteiger partial charge on any atom is -0.342 e. The minimum absolute atomic E-state index is 0.0612. The monoisotopic (exact) mass is 412 g/mol. The molecule has 7 heteroatoms. The fraction of sp³-hybridized carbons (Fsp3) is 0.522. The van der Waals surface area contributed by atoms with Crippen LogP contribution in [0.1, 0.15) is 48.2 Å². The average Bonchev–Trinajstić information content (AvgIpc) is 3.30. The van der Waals surface area contributed by atoms with E-state index >= 15 is 0 Å². The molecule has 2 aliphatic rings. The fourth-order valence-electron chi connectivity index (χ4n) is 4.76. The van der Waals surface area contributed by atoms with Gasteiger partial charge in [0, 0.05) is 50.3 Å². The molecule has 0 bridgehead atoms. The highest BCUT2D eigenvalue weighted by molar-refractivity contribution is 5.86. The zero-order valence-corrected chi connectivity index (χ0v) is 17.7. The van der Waals surface area contributed by atoms with Crippen molar-refractivity contribution in [3.63, 3.8) is 0 Å². The third-order valence-electron chi connectivity index (χ3n) is 6.78. The second-order valence-electron chi connectivity index (χ2n) is 8.69. The quantitative estimate of drug-likeness (QED) is 0.820. The van der Waals surface area contributed by atoms with Crippen LogP contribution in [0.5, 0.6) is 0 Å². The molecule has 1 aromatic carbocycles. The third-order valence-corrected chi connectivity index (χ3v) is 6.78. The van der Waals surface area contributed by atoms with Gasteiger partial charge in [-0.1, -0.05) is 18.2 Å². The van der Waals surface area contributed by atoms with Crippen LogP contribution in [0.2, 0.25) is 0 Å². The van der Waals surface area contributed by atoms with Gasteiger partial charge in [0.15, 0.2) is 0 Å². The molecule has 2 fully saturated rings. The van der Waals surface area contributed by atoms with Gasteiger partial charge >= 0.3 is 0 Å². The molecule has 4 rings (SSSR count). The molecule has 0 unspecified atom stereocenters. The molecule has 1 spiro atoms. The predicted octanol–water partition coefficient (Wildman–Crippen LogP) is 3.14. The molecular formula is C23H29FN4O2. The molecule has 1 aromatic heterocycles. The number of carbonyl (C=O) groups is 2. The van der Waals surface area contributed by atoms with Crippen LogP contribution in [0, 0.1) is 25.1 Å². The summed E-state index contributed by atoms with van der Waals surface area (Å²) >= 11 is 0. The van der Waals surface area contributed by atoms with E-state index in [9.17, 15) is 14.0 Å². The number of benzene rings is 1. The molecule has 0 radical (unpaired) electrons. The molecule has 2 saturated heterocycles. The molecule has 1 N–H and O–H groups in total. The van der Waals surface area contributed by atoms with E-state index in [0.29, 0.717) is 51.0 Å². The lowest BCUT2D eigenvalue weighted by atomic mass is 9.78. The molecule has 3 heterocycles. The van der Waals surface area contributed by atoms with Gasteiger partial charge in [-0.25, -0.2) is 4.39 Å². The summed E-state index contributed by atoms with van der Waals surface area (Å²) in [6.07, 6.45) is 3.36. The van der Waals surface area contributed by atoms with Gasteiger partial charge in [-0.2, -0.15) is 5.10 Å². The lowest BCUT2D eigenvalue weighted by Crippen LogP contribution is -2.50. The van der Waals surface area contributed by atoms with Crippen molar-refractivity contribution in [1.82, 2.24) is 20.0 Å². The number of aromatic amines is 1. The molecule has 30 heavy (non-hydrogen) atoms. The first-order valence-corrected chi connectivity index (χ1v) is 10.7. The number of carbonyl (C=O) groups excluding carboxylic acids is 2. The number of piperidine rings is 1. The van der Waals surface area contributed by atoms with E-state index in [0.717, 1.165) is 29.8 Å². The van der Waals surface area contributed by atoms with E-state index in [-0.39, 0.29) is 17.6 Å². The Morgan fingerprint density at radius 2 is 2.03 bits per heavy atom. The lowest BCUT2D eigenvalue weighted by molar-refractivity contribution is -0.146. The van der Waals surface area contributed by atoms with Crippen LogP contribution in [-0.2, 0) is 22.6 Å².